The average Bonchev–Trinajstić information content (AvgIpc) is 3.29. The van der Waals surface area contributed by atoms with Gasteiger partial charge in [-0.15, -0.1) is 0 Å². The number of nitrogens with zero attached hydrogens (tertiary/aromatic N) is 3. The van der Waals surface area contributed by atoms with E-state index < -0.39 is 10.0 Å². The van der Waals surface area contributed by atoms with Crippen molar-refractivity contribution in [3.63, 3.8) is 0 Å². The second-order valence-electron chi connectivity index (χ2n) is 6.60. The zero-order valence-electron chi connectivity index (χ0n) is 14.0. The molecule has 0 bridgehead atoms. The lowest BCUT2D eigenvalue weighted by atomic mass is 10.2. The van der Waals surface area contributed by atoms with Crippen molar-refractivity contribution < 1.29 is 13.2 Å². The lowest BCUT2D eigenvalue weighted by Crippen LogP contribution is -2.38. The van der Waals surface area contributed by atoms with Crippen molar-refractivity contribution in [1.29, 1.82) is 0 Å². The second-order valence-corrected chi connectivity index (χ2v) is 8.50. The summed E-state index contributed by atoms with van der Waals surface area (Å²) in [7, 11) is -3.56. The molecule has 1 aromatic heterocycles. The molecule has 0 atom stereocenters. The minimum atomic E-state index is -3.56. The van der Waals surface area contributed by atoms with Crippen LogP contribution >= 0.6 is 0 Å². The first-order chi connectivity index (χ1) is 11.9. The minimum Gasteiger partial charge on any atom is -0.348 e. The Morgan fingerprint density at radius 3 is 2.72 bits per heavy atom. The van der Waals surface area contributed by atoms with Gasteiger partial charge in [0.15, 0.2) is 5.69 Å². The molecule has 8 heteroatoms. The van der Waals surface area contributed by atoms with E-state index in [9.17, 15) is 13.2 Å². The Morgan fingerprint density at radius 1 is 1.24 bits per heavy atom. The predicted molar refractivity (Wildman–Crippen MR) is 91.5 cm³/mol. The monoisotopic (exact) mass is 360 g/mol. The fourth-order valence-electron chi connectivity index (χ4n) is 3.03. The van der Waals surface area contributed by atoms with E-state index in [1.807, 2.05) is 6.07 Å². The molecule has 1 aliphatic heterocycles. The molecule has 1 saturated carbocycles. The highest BCUT2D eigenvalue weighted by Crippen LogP contribution is 2.24. The van der Waals surface area contributed by atoms with Crippen LogP contribution in [0.1, 0.15) is 34.6 Å². The molecule has 1 N–H and O–H groups in total. The van der Waals surface area contributed by atoms with Crippen LogP contribution in [-0.4, -0.2) is 41.0 Å². The van der Waals surface area contributed by atoms with Gasteiger partial charge in [-0.25, -0.2) is 8.42 Å². The molecular formula is C17H20N4O3S. The molecule has 1 amide bonds. The van der Waals surface area contributed by atoms with E-state index in [0.29, 0.717) is 23.7 Å². The van der Waals surface area contributed by atoms with Crippen LogP contribution in [0.2, 0.25) is 0 Å². The van der Waals surface area contributed by atoms with Crippen LogP contribution in [0.25, 0.3) is 0 Å². The molecule has 1 aliphatic carbocycles. The van der Waals surface area contributed by atoms with Crippen LogP contribution in [-0.2, 0) is 23.1 Å². The van der Waals surface area contributed by atoms with Gasteiger partial charge in [-0.1, -0.05) is 18.2 Å². The van der Waals surface area contributed by atoms with Gasteiger partial charge in [0.2, 0.25) is 10.0 Å². The number of hydrogen-bond acceptors (Lipinski definition) is 4. The number of hydrogen-bond donors (Lipinski definition) is 1. The van der Waals surface area contributed by atoms with Crippen LogP contribution in [0.5, 0.6) is 0 Å². The molecule has 132 valence electrons. The summed E-state index contributed by atoms with van der Waals surface area (Å²) in [5.74, 6) is -0.183. The van der Waals surface area contributed by atoms with Gasteiger partial charge in [0.25, 0.3) is 5.91 Å². The van der Waals surface area contributed by atoms with Crippen molar-refractivity contribution >= 4 is 15.9 Å². The van der Waals surface area contributed by atoms with Gasteiger partial charge in [0.1, 0.15) is 0 Å². The first kappa shape index (κ1) is 16.3. The SMILES string of the molecule is Cc1ccccc1S(=O)(=O)N1CCn2nc(C(=O)NC3CC3)cc2C1. The predicted octanol–water partition coefficient (Wildman–Crippen LogP) is 1.29. The highest BCUT2D eigenvalue weighted by molar-refractivity contribution is 7.89. The second kappa shape index (κ2) is 5.96. The van der Waals surface area contributed by atoms with Gasteiger partial charge in [0, 0.05) is 12.6 Å². The summed E-state index contributed by atoms with van der Waals surface area (Å²) in [6.45, 7) is 2.80. The number of carbonyl (C=O) groups excluding carboxylic acids is 1. The first-order valence-corrected chi connectivity index (χ1v) is 9.82. The maximum absolute atomic E-state index is 12.9. The summed E-state index contributed by atoms with van der Waals surface area (Å²) in [6.07, 6.45) is 2.03. The van der Waals surface area contributed by atoms with Crippen molar-refractivity contribution in [2.45, 2.75) is 43.8 Å². The Bertz CT molecular complexity index is 931. The smallest absolute Gasteiger partial charge is 0.272 e. The third kappa shape index (κ3) is 3.07. The summed E-state index contributed by atoms with van der Waals surface area (Å²) >= 11 is 0. The number of amides is 1. The Balaban J connectivity index is 1.57. The molecule has 2 aliphatic rings. The van der Waals surface area contributed by atoms with Gasteiger partial charge in [-0.05, 0) is 37.5 Å². The molecule has 7 nitrogen and oxygen atoms in total. The molecule has 1 aromatic carbocycles. The molecule has 0 saturated heterocycles. The minimum absolute atomic E-state index is 0.183. The molecular weight excluding hydrogens is 340 g/mol. The van der Waals surface area contributed by atoms with Crippen molar-refractivity contribution in [2.75, 3.05) is 6.54 Å². The number of aryl methyl sites for hydroxylation is 1. The van der Waals surface area contributed by atoms with E-state index in [1.54, 1.807) is 35.9 Å². The quantitative estimate of drug-likeness (QED) is 0.890. The number of carbonyl (C=O) groups is 1. The summed E-state index contributed by atoms with van der Waals surface area (Å²) in [4.78, 5) is 12.5. The maximum atomic E-state index is 12.9. The highest BCUT2D eigenvalue weighted by atomic mass is 32.2. The van der Waals surface area contributed by atoms with Crippen LogP contribution in [0.15, 0.2) is 35.2 Å². The average molecular weight is 360 g/mol. The van der Waals surface area contributed by atoms with Crippen molar-refractivity contribution in [2.24, 2.45) is 0 Å². The van der Waals surface area contributed by atoms with Crippen molar-refractivity contribution in [1.82, 2.24) is 19.4 Å². The molecule has 0 unspecified atom stereocenters. The Kier molecular flexibility index (Phi) is 3.88. The maximum Gasteiger partial charge on any atom is 0.272 e. The van der Waals surface area contributed by atoms with Gasteiger partial charge >= 0.3 is 0 Å². The Labute approximate surface area is 146 Å². The standard InChI is InChI=1S/C17H20N4O3S/c1-12-4-2-3-5-16(12)25(23,24)20-8-9-21-14(11-20)10-15(19-21)17(22)18-13-6-7-13/h2-5,10,13H,6-9,11H2,1H3,(H,18,22). The van der Waals surface area contributed by atoms with Gasteiger partial charge in [-0.3, -0.25) is 9.48 Å². The van der Waals surface area contributed by atoms with Crippen LogP contribution in [0, 0.1) is 6.92 Å². The number of benzene rings is 1. The normalized spacial score (nSPS) is 18.0. The fraction of sp³-hybridized carbons (Fsp3) is 0.412. The fourth-order valence-corrected chi connectivity index (χ4v) is 4.66. The van der Waals surface area contributed by atoms with Gasteiger partial charge < -0.3 is 5.32 Å². The number of nitrogens with one attached hydrogen (secondary N) is 1. The molecule has 2 aromatic rings. The van der Waals surface area contributed by atoms with Gasteiger partial charge in [0.05, 0.1) is 23.7 Å². The third-order valence-corrected chi connectivity index (χ3v) is 6.62. The van der Waals surface area contributed by atoms with Crippen molar-refractivity contribution in [3.05, 3.63) is 47.3 Å². The lowest BCUT2D eigenvalue weighted by molar-refractivity contribution is 0.0945. The molecule has 2 heterocycles. The summed E-state index contributed by atoms with van der Waals surface area (Å²) < 4.78 is 29.0. The van der Waals surface area contributed by atoms with E-state index in [4.69, 9.17) is 0 Å². The lowest BCUT2D eigenvalue weighted by Gasteiger charge is -2.27. The van der Waals surface area contributed by atoms with E-state index in [-0.39, 0.29) is 18.5 Å². The van der Waals surface area contributed by atoms with E-state index in [0.717, 1.165) is 24.1 Å². The summed E-state index contributed by atoms with van der Waals surface area (Å²) in [5, 5.41) is 7.23. The van der Waals surface area contributed by atoms with Crippen LogP contribution in [0.3, 0.4) is 0 Å². The Hall–Kier alpha value is -2.19. The molecule has 4 rings (SSSR count). The topological polar surface area (TPSA) is 84.3 Å². The van der Waals surface area contributed by atoms with E-state index in [2.05, 4.69) is 10.4 Å². The van der Waals surface area contributed by atoms with Crippen LogP contribution < -0.4 is 5.32 Å². The number of sulfonamides is 1. The van der Waals surface area contributed by atoms with Gasteiger partial charge in [-0.2, -0.15) is 9.40 Å². The number of rotatable bonds is 4. The number of aromatic nitrogens is 2. The zero-order chi connectivity index (χ0) is 17.6. The molecule has 0 spiro atoms. The molecule has 1 fully saturated rings. The third-order valence-electron chi connectivity index (χ3n) is 4.62. The van der Waals surface area contributed by atoms with Crippen LogP contribution in [0.4, 0.5) is 0 Å². The zero-order valence-corrected chi connectivity index (χ0v) is 14.8. The summed E-state index contributed by atoms with van der Waals surface area (Å²) in [6, 6.07) is 8.94. The Morgan fingerprint density at radius 2 is 2.00 bits per heavy atom. The van der Waals surface area contributed by atoms with Crippen molar-refractivity contribution in [3.8, 4) is 0 Å². The highest BCUT2D eigenvalue weighted by Gasteiger charge is 2.31. The molecule has 0 radical (unpaired) electrons. The van der Waals surface area contributed by atoms with E-state index in [1.165, 1.54) is 4.31 Å². The largest absolute Gasteiger partial charge is 0.348 e. The summed E-state index contributed by atoms with van der Waals surface area (Å²) in [5.41, 5.74) is 1.83. The van der Waals surface area contributed by atoms with E-state index >= 15 is 0 Å². The number of fused-ring (bicyclic) bond motifs is 1. The molecule has 25 heavy (non-hydrogen) atoms. The first-order valence-electron chi connectivity index (χ1n) is 8.38.